The summed E-state index contributed by atoms with van der Waals surface area (Å²) in [4.78, 5) is 10.3. The maximum Gasteiger partial charge on any atom is 0.160 e. The van der Waals surface area contributed by atoms with Crippen LogP contribution in [0.5, 0.6) is 0 Å². The number of aromatic nitrogens is 4. The van der Waals surface area contributed by atoms with E-state index < -0.39 is 0 Å². The van der Waals surface area contributed by atoms with E-state index in [-0.39, 0.29) is 0 Å². The van der Waals surface area contributed by atoms with Crippen molar-refractivity contribution in [3.8, 4) is 67.5 Å². The fourth-order valence-corrected chi connectivity index (χ4v) is 7.98. The molecule has 0 aliphatic carbocycles. The van der Waals surface area contributed by atoms with Crippen LogP contribution in [0.1, 0.15) is 0 Å². The van der Waals surface area contributed by atoms with Crippen LogP contribution in [0.3, 0.4) is 0 Å². The summed E-state index contributed by atoms with van der Waals surface area (Å²) in [5.41, 5.74) is 13.6. The average Bonchev–Trinajstić information content (AvgIpc) is 3.87. The van der Waals surface area contributed by atoms with Crippen molar-refractivity contribution in [1.29, 1.82) is 0 Å². The van der Waals surface area contributed by atoms with E-state index in [1.54, 1.807) is 0 Å². The molecule has 5 heteroatoms. The minimum atomic E-state index is 0.657. The number of furan rings is 1. The lowest BCUT2D eigenvalue weighted by Crippen LogP contribution is -1.97. The summed E-state index contributed by atoms with van der Waals surface area (Å²) in [7, 11) is 0. The summed E-state index contributed by atoms with van der Waals surface area (Å²) in [5.74, 6) is 0.657. The normalized spacial score (nSPS) is 11.6. The Labute approximate surface area is 322 Å². The molecule has 0 unspecified atom stereocenters. The summed E-state index contributed by atoms with van der Waals surface area (Å²) in [6.07, 6.45) is 0. The Bertz CT molecular complexity index is 3220. The zero-order chi connectivity index (χ0) is 37.0. The summed E-state index contributed by atoms with van der Waals surface area (Å²) < 4.78 is 8.59. The largest absolute Gasteiger partial charge is 0.455 e. The summed E-state index contributed by atoms with van der Waals surface area (Å²) >= 11 is 0. The Morgan fingerprint density at radius 1 is 0.429 bits per heavy atom. The molecule has 0 fully saturated rings. The first-order chi connectivity index (χ1) is 27.8. The SMILES string of the molecule is c1ccc(-c2nc(-c3ccc(-c4cc5ccccc5c5c(-c6ccccc6)c(-c6ccccc6)nn45)cc3)cc(-c3cccc4c3oc3ccccc34)n2)cc1. The number of hydrogen-bond acceptors (Lipinski definition) is 4. The van der Waals surface area contributed by atoms with Gasteiger partial charge in [0.15, 0.2) is 5.82 Å². The standard InChI is InChI=1S/C51H32N4O/c1-4-15-35(16-5-1)47-48(36-17-6-2-7-18-36)54-55-45(31-38-21-10-11-22-39(38)49(47)55)34-29-27-33(28-30-34)43-32-44(53-51(52-43)37-19-8-3-9-20-37)42-25-14-24-41-40-23-12-13-26-46(40)56-50(41)42/h1-32H. The number of rotatable bonds is 6. The molecule has 4 heterocycles. The molecule has 0 spiro atoms. The molecule has 0 N–H and O–H groups in total. The first kappa shape index (κ1) is 31.9. The first-order valence-electron chi connectivity index (χ1n) is 18.8. The summed E-state index contributed by atoms with van der Waals surface area (Å²) in [5, 5.41) is 9.85. The van der Waals surface area contributed by atoms with Gasteiger partial charge in [-0.25, -0.2) is 14.5 Å². The van der Waals surface area contributed by atoms with Gasteiger partial charge < -0.3 is 4.42 Å². The lowest BCUT2D eigenvalue weighted by Gasteiger charge is -2.12. The molecule has 56 heavy (non-hydrogen) atoms. The second kappa shape index (κ2) is 13.0. The lowest BCUT2D eigenvalue weighted by atomic mass is 9.97. The van der Waals surface area contributed by atoms with Gasteiger partial charge in [0.1, 0.15) is 16.9 Å². The minimum absolute atomic E-state index is 0.657. The lowest BCUT2D eigenvalue weighted by molar-refractivity contribution is 0.670. The Morgan fingerprint density at radius 3 is 1.80 bits per heavy atom. The van der Waals surface area contributed by atoms with E-state index in [9.17, 15) is 0 Å². The molecule has 4 aromatic heterocycles. The van der Waals surface area contributed by atoms with Gasteiger partial charge in [0.2, 0.25) is 0 Å². The third-order valence-corrected chi connectivity index (χ3v) is 10.6. The minimum Gasteiger partial charge on any atom is -0.455 e. The van der Waals surface area contributed by atoms with Crippen molar-refractivity contribution in [2.24, 2.45) is 0 Å². The molecule has 5 nitrogen and oxygen atoms in total. The number of fused-ring (bicyclic) bond motifs is 6. The molecular formula is C51H32N4O. The zero-order valence-corrected chi connectivity index (χ0v) is 30.2. The summed E-state index contributed by atoms with van der Waals surface area (Å²) in [6, 6.07) is 67.2. The van der Waals surface area contributed by atoms with E-state index in [0.717, 1.165) is 99.9 Å². The molecule has 0 saturated carbocycles. The fourth-order valence-electron chi connectivity index (χ4n) is 7.98. The molecule has 7 aromatic carbocycles. The number of benzene rings is 7. The van der Waals surface area contributed by atoms with Crippen molar-refractivity contribution in [1.82, 2.24) is 19.6 Å². The van der Waals surface area contributed by atoms with E-state index in [1.807, 2.05) is 42.5 Å². The second-order valence-electron chi connectivity index (χ2n) is 14.0. The van der Waals surface area contributed by atoms with Crippen molar-refractivity contribution < 1.29 is 4.42 Å². The van der Waals surface area contributed by atoms with Gasteiger partial charge in [-0.3, -0.25) is 0 Å². The number of nitrogens with zero attached hydrogens (tertiary/aromatic N) is 4. The molecule has 0 radical (unpaired) electrons. The molecule has 0 saturated heterocycles. The molecular weight excluding hydrogens is 685 g/mol. The van der Waals surface area contributed by atoms with Crippen LogP contribution < -0.4 is 0 Å². The highest BCUT2D eigenvalue weighted by molar-refractivity contribution is 6.10. The second-order valence-corrected chi connectivity index (χ2v) is 14.0. The van der Waals surface area contributed by atoms with Gasteiger partial charge >= 0.3 is 0 Å². The average molecular weight is 717 g/mol. The molecule has 11 rings (SSSR count). The zero-order valence-electron chi connectivity index (χ0n) is 30.2. The predicted octanol–water partition coefficient (Wildman–Crippen LogP) is 13.2. The van der Waals surface area contributed by atoms with Gasteiger partial charge in [0, 0.05) is 49.5 Å². The van der Waals surface area contributed by atoms with E-state index in [1.165, 1.54) is 0 Å². The molecule has 0 bridgehead atoms. The van der Waals surface area contributed by atoms with Gasteiger partial charge in [-0.15, -0.1) is 0 Å². The van der Waals surface area contributed by atoms with Crippen LogP contribution in [0.4, 0.5) is 0 Å². The van der Waals surface area contributed by atoms with Crippen molar-refractivity contribution >= 4 is 38.2 Å². The topological polar surface area (TPSA) is 56.2 Å². The van der Waals surface area contributed by atoms with Crippen LogP contribution in [0.2, 0.25) is 0 Å². The Hall–Kier alpha value is -7.63. The van der Waals surface area contributed by atoms with E-state index >= 15 is 0 Å². The number of hydrogen-bond donors (Lipinski definition) is 0. The van der Waals surface area contributed by atoms with E-state index in [4.69, 9.17) is 19.5 Å². The monoisotopic (exact) mass is 716 g/mol. The van der Waals surface area contributed by atoms with E-state index in [0.29, 0.717) is 5.82 Å². The number of pyridine rings is 1. The predicted molar refractivity (Wildman–Crippen MR) is 228 cm³/mol. The maximum atomic E-state index is 6.46. The Balaban J connectivity index is 1.09. The fraction of sp³-hybridized carbons (Fsp3) is 0. The van der Waals surface area contributed by atoms with Gasteiger partial charge in [-0.2, -0.15) is 5.10 Å². The number of para-hydroxylation sites is 2. The molecule has 11 aromatic rings. The summed E-state index contributed by atoms with van der Waals surface area (Å²) in [6.45, 7) is 0. The smallest absolute Gasteiger partial charge is 0.160 e. The van der Waals surface area contributed by atoms with Crippen LogP contribution in [-0.4, -0.2) is 19.6 Å². The quantitative estimate of drug-likeness (QED) is 0.172. The molecule has 0 aliphatic rings. The highest BCUT2D eigenvalue weighted by Crippen LogP contribution is 2.41. The van der Waals surface area contributed by atoms with Crippen LogP contribution >= 0.6 is 0 Å². The van der Waals surface area contributed by atoms with Gasteiger partial charge in [-0.1, -0.05) is 170 Å². The van der Waals surface area contributed by atoms with Gasteiger partial charge in [-0.05, 0) is 35.2 Å². The van der Waals surface area contributed by atoms with E-state index in [2.05, 4.69) is 156 Å². The van der Waals surface area contributed by atoms with Crippen LogP contribution in [-0.2, 0) is 0 Å². The van der Waals surface area contributed by atoms with Crippen molar-refractivity contribution in [2.45, 2.75) is 0 Å². The Kier molecular flexibility index (Phi) is 7.42. The molecule has 0 amide bonds. The van der Waals surface area contributed by atoms with Crippen molar-refractivity contribution in [2.75, 3.05) is 0 Å². The van der Waals surface area contributed by atoms with Gasteiger partial charge in [0.05, 0.1) is 22.6 Å². The molecule has 262 valence electrons. The van der Waals surface area contributed by atoms with Crippen LogP contribution in [0, 0.1) is 0 Å². The van der Waals surface area contributed by atoms with Gasteiger partial charge in [0.25, 0.3) is 0 Å². The third kappa shape index (κ3) is 5.29. The maximum absolute atomic E-state index is 6.46. The van der Waals surface area contributed by atoms with Crippen LogP contribution in [0.15, 0.2) is 199 Å². The molecule has 0 aliphatic heterocycles. The molecule has 0 atom stereocenters. The third-order valence-electron chi connectivity index (χ3n) is 10.6. The highest BCUT2D eigenvalue weighted by atomic mass is 16.3. The van der Waals surface area contributed by atoms with Crippen molar-refractivity contribution in [3.63, 3.8) is 0 Å². The van der Waals surface area contributed by atoms with Crippen molar-refractivity contribution in [3.05, 3.63) is 194 Å². The Morgan fingerprint density at radius 2 is 1.04 bits per heavy atom. The highest BCUT2D eigenvalue weighted by Gasteiger charge is 2.22. The van der Waals surface area contributed by atoms with Crippen LogP contribution in [0.25, 0.3) is 106 Å². The first-order valence-corrected chi connectivity index (χ1v) is 18.8.